The maximum atomic E-state index is 12.9. The van der Waals surface area contributed by atoms with Crippen LogP contribution in [0, 0.1) is 5.82 Å². The topological polar surface area (TPSA) is 34.1 Å². The number of halogens is 2. The Bertz CT molecular complexity index is 575. The van der Waals surface area contributed by atoms with Gasteiger partial charge in [-0.2, -0.15) is 0 Å². The highest BCUT2D eigenvalue weighted by molar-refractivity contribution is 6.32. The van der Waals surface area contributed by atoms with Crippen LogP contribution in [-0.2, 0) is 0 Å². The molecule has 20 heavy (non-hydrogen) atoms. The molecule has 0 bridgehead atoms. The lowest BCUT2D eigenvalue weighted by Gasteiger charge is -2.13. The Kier molecular flexibility index (Phi) is 4.93. The largest absolute Gasteiger partial charge is 0.437 e. The average Bonchev–Trinajstić information content (AvgIpc) is 2.43. The van der Waals surface area contributed by atoms with E-state index in [0.29, 0.717) is 11.6 Å². The molecule has 0 fully saturated rings. The maximum Gasteiger partial charge on any atom is 0.219 e. The van der Waals surface area contributed by atoms with Gasteiger partial charge in [0.2, 0.25) is 5.88 Å². The van der Waals surface area contributed by atoms with Gasteiger partial charge in [0.15, 0.2) is 0 Å². The van der Waals surface area contributed by atoms with E-state index in [1.807, 2.05) is 6.07 Å². The van der Waals surface area contributed by atoms with E-state index in [9.17, 15) is 4.39 Å². The van der Waals surface area contributed by atoms with Crippen molar-refractivity contribution in [3.05, 3.63) is 52.9 Å². The maximum absolute atomic E-state index is 12.9. The number of aromatic nitrogens is 1. The van der Waals surface area contributed by atoms with Crippen LogP contribution in [0.25, 0.3) is 0 Å². The van der Waals surface area contributed by atoms with Crippen molar-refractivity contribution in [3.8, 4) is 11.6 Å². The van der Waals surface area contributed by atoms with Gasteiger partial charge < -0.3 is 10.1 Å². The fourth-order valence-corrected chi connectivity index (χ4v) is 2.01. The van der Waals surface area contributed by atoms with Crippen LogP contribution in [-0.4, -0.2) is 11.5 Å². The summed E-state index contributed by atoms with van der Waals surface area (Å²) < 4.78 is 18.5. The minimum absolute atomic E-state index is 0.219. The molecule has 2 rings (SSSR count). The third-order valence-corrected chi connectivity index (χ3v) is 3.17. The standard InChI is InChI=1S/C15H16ClFN2O/c1-3-18-10(2)11-4-7-15(19-9-11)20-14-6-5-12(17)8-13(14)16/h4-10,18H,3H2,1-2H3. The fourth-order valence-electron chi connectivity index (χ4n) is 1.80. The zero-order valence-electron chi connectivity index (χ0n) is 11.4. The highest BCUT2D eigenvalue weighted by Crippen LogP contribution is 2.29. The van der Waals surface area contributed by atoms with Crippen molar-refractivity contribution < 1.29 is 9.13 Å². The monoisotopic (exact) mass is 294 g/mol. The quantitative estimate of drug-likeness (QED) is 0.891. The third-order valence-electron chi connectivity index (χ3n) is 2.88. The summed E-state index contributed by atoms with van der Waals surface area (Å²) in [7, 11) is 0. The molecule has 1 aromatic carbocycles. The van der Waals surface area contributed by atoms with Crippen LogP contribution in [0.3, 0.4) is 0 Å². The molecule has 2 aromatic rings. The van der Waals surface area contributed by atoms with Crippen LogP contribution in [0.4, 0.5) is 4.39 Å². The summed E-state index contributed by atoms with van der Waals surface area (Å²) >= 11 is 5.90. The number of hydrogen-bond acceptors (Lipinski definition) is 3. The smallest absolute Gasteiger partial charge is 0.219 e. The van der Waals surface area contributed by atoms with E-state index in [1.54, 1.807) is 12.3 Å². The molecule has 3 nitrogen and oxygen atoms in total. The Morgan fingerprint density at radius 2 is 2.15 bits per heavy atom. The average molecular weight is 295 g/mol. The van der Waals surface area contributed by atoms with Crippen LogP contribution in [0.2, 0.25) is 5.02 Å². The number of hydrogen-bond donors (Lipinski definition) is 1. The number of nitrogens with one attached hydrogen (secondary N) is 1. The zero-order valence-corrected chi connectivity index (χ0v) is 12.1. The van der Waals surface area contributed by atoms with Crippen molar-refractivity contribution in [2.45, 2.75) is 19.9 Å². The predicted octanol–water partition coefficient (Wildman–Crippen LogP) is 4.34. The zero-order chi connectivity index (χ0) is 14.5. The van der Waals surface area contributed by atoms with Crippen LogP contribution in [0.5, 0.6) is 11.6 Å². The van der Waals surface area contributed by atoms with Gasteiger partial charge in [-0.05, 0) is 37.2 Å². The highest BCUT2D eigenvalue weighted by atomic mass is 35.5. The molecular weight excluding hydrogens is 279 g/mol. The Hall–Kier alpha value is -1.65. The van der Waals surface area contributed by atoms with Crippen molar-refractivity contribution in [1.29, 1.82) is 0 Å². The Morgan fingerprint density at radius 1 is 1.35 bits per heavy atom. The molecule has 1 N–H and O–H groups in total. The summed E-state index contributed by atoms with van der Waals surface area (Å²) in [5.41, 5.74) is 1.07. The van der Waals surface area contributed by atoms with Gasteiger partial charge in [-0.3, -0.25) is 0 Å². The molecule has 0 spiro atoms. The van der Waals surface area contributed by atoms with Gasteiger partial charge in [0.1, 0.15) is 11.6 Å². The number of rotatable bonds is 5. The molecule has 5 heteroatoms. The van der Waals surface area contributed by atoms with Crippen molar-refractivity contribution in [2.24, 2.45) is 0 Å². The van der Waals surface area contributed by atoms with Gasteiger partial charge in [-0.25, -0.2) is 9.37 Å². The van der Waals surface area contributed by atoms with E-state index in [0.717, 1.165) is 12.1 Å². The van der Waals surface area contributed by atoms with Gasteiger partial charge in [0.25, 0.3) is 0 Å². The third kappa shape index (κ3) is 3.68. The van der Waals surface area contributed by atoms with Crippen molar-refractivity contribution in [3.63, 3.8) is 0 Å². The molecule has 106 valence electrons. The summed E-state index contributed by atoms with van der Waals surface area (Å²) in [6.07, 6.45) is 1.75. The fraction of sp³-hybridized carbons (Fsp3) is 0.267. The highest BCUT2D eigenvalue weighted by Gasteiger charge is 2.07. The van der Waals surface area contributed by atoms with Gasteiger partial charge in [0.05, 0.1) is 5.02 Å². The number of benzene rings is 1. The van der Waals surface area contributed by atoms with Gasteiger partial charge in [-0.1, -0.05) is 24.6 Å². The normalized spacial score (nSPS) is 12.2. The van der Waals surface area contributed by atoms with E-state index in [1.165, 1.54) is 18.2 Å². The summed E-state index contributed by atoms with van der Waals surface area (Å²) in [6, 6.07) is 7.92. The Morgan fingerprint density at radius 3 is 2.75 bits per heavy atom. The molecule has 0 amide bonds. The van der Waals surface area contributed by atoms with E-state index in [4.69, 9.17) is 16.3 Å². The van der Waals surface area contributed by atoms with E-state index in [2.05, 4.69) is 24.1 Å². The van der Waals surface area contributed by atoms with Gasteiger partial charge >= 0.3 is 0 Å². The van der Waals surface area contributed by atoms with Crippen molar-refractivity contribution >= 4 is 11.6 Å². The van der Waals surface area contributed by atoms with Crippen LogP contribution in [0.15, 0.2) is 36.5 Å². The molecule has 0 saturated carbocycles. The molecule has 1 aromatic heterocycles. The Labute approximate surface area is 122 Å². The van der Waals surface area contributed by atoms with Gasteiger partial charge in [-0.15, -0.1) is 0 Å². The molecule has 0 radical (unpaired) electrons. The van der Waals surface area contributed by atoms with Crippen LogP contribution < -0.4 is 10.1 Å². The molecule has 1 atom stereocenters. The van der Waals surface area contributed by atoms with E-state index < -0.39 is 5.82 Å². The van der Waals surface area contributed by atoms with E-state index >= 15 is 0 Å². The number of nitrogens with zero attached hydrogens (tertiary/aromatic N) is 1. The predicted molar refractivity (Wildman–Crippen MR) is 77.8 cm³/mol. The second-order valence-electron chi connectivity index (χ2n) is 4.39. The van der Waals surface area contributed by atoms with E-state index in [-0.39, 0.29) is 11.1 Å². The molecule has 1 heterocycles. The molecule has 0 aliphatic carbocycles. The lowest BCUT2D eigenvalue weighted by atomic mass is 10.1. The molecule has 0 aliphatic heterocycles. The summed E-state index contributed by atoms with van der Waals surface area (Å²) in [4.78, 5) is 4.23. The Balaban J connectivity index is 2.10. The SMILES string of the molecule is CCNC(C)c1ccc(Oc2ccc(F)cc2Cl)nc1. The second kappa shape index (κ2) is 6.68. The van der Waals surface area contributed by atoms with Gasteiger partial charge in [0, 0.05) is 18.3 Å². The first-order chi connectivity index (χ1) is 9.60. The number of pyridine rings is 1. The first-order valence-electron chi connectivity index (χ1n) is 6.42. The van der Waals surface area contributed by atoms with Crippen LogP contribution in [0.1, 0.15) is 25.5 Å². The summed E-state index contributed by atoms with van der Waals surface area (Å²) in [5, 5.41) is 3.52. The molecule has 1 unspecified atom stereocenters. The molecule has 0 aliphatic rings. The minimum atomic E-state index is -0.398. The lowest BCUT2D eigenvalue weighted by molar-refractivity contribution is 0.460. The number of ether oxygens (including phenoxy) is 1. The summed E-state index contributed by atoms with van der Waals surface area (Å²) in [6.45, 7) is 5.01. The first kappa shape index (κ1) is 14.8. The van der Waals surface area contributed by atoms with Crippen molar-refractivity contribution in [2.75, 3.05) is 6.54 Å². The molecule has 0 saturated heterocycles. The lowest BCUT2D eigenvalue weighted by Crippen LogP contribution is -2.17. The van der Waals surface area contributed by atoms with Crippen molar-refractivity contribution in [1.82, 2.24) is 10.3 Å². The minimum Gasteiger partial charge on any atom is -0.437 e. The second-order valence-corrected chi connectivity index (χ2v) is 4.79. The molecular formula is C15H16ClFN2O. The first-order valence-corrected chi connectivity index (χ1v) is 6.80. The summed E-state index contributed by atoms with van der Waals surface area (Å²) in [5.74, 6) is 0.407. The van der Waals surface area contributed by atoms with Crippen LogP contribution >= 0.6 is 11.6 Å².